The molecule has 3 aromatic carbocycles. The molecule has 0 unspecified atom stereocenters. The van der Waals surface area contributed by atoms with Gasteiger partial charge in [0.15, 0.2) is 5.82 Å². The lowest BCUT2D eigenvalue weighted by Crippen LogP contribution is -2.17. The second-order valence-electron chi connectivity index (χ2n) is 8.36. The number of phenolic OH excluding ortho intramolecular Hbond substituents is 1. The van der Waals surface area contributed by atoms with Crippen molar-refractivity contribution in [1.82, 2.24) is 20.1 Å². The summed E-state index contributed by atoms with van der Waals surface area (Å²) in [6.07, 6.45) is -1.14. The van der Waals surface area contributed by atoms with Gasteiger partial charge in [-0.3, -0.25) is 4.79 Å². The van der Waals surface area contributed by atoms with Gasteiger partial charge in [-0.2, -0.15) is 28.5 Å². The highest BCUT2D eigenvalue weighted by Crippen LogP contribution is 2.30. The number of aromatic hydroxyl groups is 1. The van der Waals surface area contributed by atoms with Crippen LogP contribution in [0.5, 0.6) is 5.75 Å². The van der Waals surface area contributed by atoms with E-state index in [2.05, 4.69) is 20.7 Å². The van der Waals surface area contributed by atoms with Crippen LogP contribution in [0.25, 0.3) is 22.4 Å². The summed E-state index contributed by atoms with van der Waals surface area (Å²) >= 11 is 0. The topological polar surface area (TPSA) is 129 Å². The lowest BCUT2D eigenvalue weighted by Gasteiger charge is -2.05. The van der Waals surface area contributed by atoms with Gasteiger partial charge in [0, 0.05) is 33.8 Å². The van der Waals surface area contributed by atoms with Crippen LogP contribution in [-0.2, 0) is 12.7 Å². The van der Waals surface area contributed by atoms with Crippen LogP contribution in [0.4, 0.5) is 13.2 Å². The summed E-state index contributed by atoms with van der Waals surface area (Å²) in [6, 6.07) is 17.5. The van der Waals surface area contributed by atoms with Gasteiger partial charge in [-0.1, -0.05) is 17.3 Å². The van der Waals surface area contributed by atoms with Crippen molar-refractivity contribution in [3.63, 3.8) is 0 Å². The molecule has 39 heavy (non-hydrogen) atoms. The number of carbonyl (C=O) groups is 1. The van der Waals surface area contributed by atoms with E-state index in [0.29, 0.717) is 17.0 Å². The molecule has 2 heterocycles. The van der Waals surface area contributed by atoms with E-state index in [0.717, 1.165) is 23.0 Å². The van der Waals surface area contributed by atoms with Gasteiger partial charge in [0.05, 0.1) is 23.9 Å². The predicted octanol–water partition coefficient (Wildman–Crippen LogP) is 5.10. The molecule has 12 heteroatoms. The van der Waals surface area contributed by atoms with Crippen molar-refractivity contribution in [3.8, 4) is 23.3 Å². The molecule has 0 bridgehead atoms. The maximum Gasteiger partial charge on any atom is 0.416 e. The zero-order valence-electron chi connectivity index (χ0n) is 19.8. The fraction of sp³-hybridized carbons (Fsp3) is 0.0741. The first kappa shape index (κ1) is 25.2. The summed E-state index contributed by atoms with van der Waals surface area (Å²) in [5.41, 5.74) is 3.69. The highest BCUT2D eigenvalue weighted by atomic mass is 19.4. The Kier molecular flexibility index (Phi) is 6.56. The van der Waals surface area contributed by atoms with E-state index >= 15 is 0 Å². The summed E-state index contributed by atoms with van der Waals surface area (Å²) in [5.74, 6) is -0.326. The number of hydrogen-bond donors (Lipinski definition) is 2. The Morgan fingerprint density at radius 3 is 2.69 bits per heavy atom. The van der Waals surface area contributed by atoms with Crippen molar-refractivity contribution in [1.29, 1.82) is 5.26 Å². The molecule has 2 N–H and O–H groups in total. The molecule has 0 aliphatic rings. The highest BCUT2D eigenvalue weighted by Gasteiger charge is 2.30. The fourth-order valence-corrected chi connectivity index (χ4v) is 3.88. The van der Waals surface area contributed by atoms with E-state index in [1.165, 1.54) is 36.5 Å². The lowest BCUT2D eigenvalue weighted by molar-refractivity contribution is -0.137. The molecule has 0 spiro atoms. The molecule has 1 amide bonds. The Morgan fingerprint density at radius 2 is 1.95 bits per heavy atom. The first-order chi connectivity index (χ1) is 18.7. The summed E-state index contributed by atoms with van der Waals surface area (Å²) in [7, 11) is 0. The van der Waals surface area contributed by atoms with Gasteiger partial charge in [0.25, 0.3) is 11.8 Å². The number of hydrogen-bond acceptors (Lipinski definition) is 7. The molecule has 0 aliphatic heterocycles. The first-order valence-corrected chi connectivity index (χ1v) is 11.4. The first-order valence-electron chi connectivity index (χ1n) is 11.4. The van der Waals surface area contributed by atoms with Gasteiger partial charge in [0.2, 0.25) is 0 Å². The van der Waals surface area contributed by atoms with E-state index < -0.39 is 17.6 Å². The average molecular weight is 530 g/mol. The van der Waals surface area contributed by atoms with Crippen LogP contribution in [-0.4, -0.2) is 31.9 Å². The second kappa shape index (κ2) is 10.1. The minimum absolute atomic E-state index is 0.0224. The molecule has 194 valence electrons. The maximum absolute atomic E-state index is 12.8. The number of amides is 1. The van der Waals surface area contributed by atoms with Crippen molar-refractivity contribution in [3.05, 3.63) is 101 Å². The van der Waals surface area contributed by atoms with Crippen LogP contribution in [0.3, 0.4) is 0 Å². The quantitative estimate of drug-likeness (QED) is 0.232. The molecule has 9 nitrogen and oxygen atoms in total. The van der Waals surface area contributed by atoms with Gasteiger partial charge < -0.3 is 14.2 Å². The monoisotopic (exact) mass is 530 g/mol. The minimum atomic E-state index is -4.43. The van der Waals surface area contributed by atoms with E-state index in [1.54, 1.807) is 6.07 Å². The smallest absolute Gasteiger partial charge is 0.416 e. The molecule has 0 saturated heterocycles. The van der Waals surface area contributed by atoms with E-state index in [1.807, 2.05) is 35.0 Å². The number of aromatic nitrogens is 3. The summed E-state index contributed by atoms with van der Waals surface area (Å²) in [4.78, 5) is 16.7. The predicted molar refractivity (Wildman–Crippen MR) is 134 cm³/mol. The van der Waals surface area contributed by atoms with E-state index in [9.17, 15) is 23.1 Å². The number of hydrazone groups is 1. The highest BCUT2D eigenvalue weighted by molar-refractivity contribution is 6.00. The zero-order valence-corrected chi connectivity index (χ0v) is 19.8. The van der Waals surface area contributed by atoms with Gasteiger partial charge in [-0.25, -0.2) is 5.43 Å². The van der Waals surface area contributed by atoms with Crippen LogP contribution in [0, 0.1) is 11.3 Å². The van der Waals surface area contributed by atoms with Crippen molar-refractivity contribution >= 4 is 23.0 Å². The summed E-state index contributed by atoms with van der Waals surface area (Å²) in [6.45, 7) is 0.243. The lowest BCUT2D eigenvalue weighted by atomic mass is 10.1. The SMILES string of the molecule is N#Cc1cc(C(=O)N/N=C/c2cccc3c2ccn3Cc2noc(-c3ccc(C(F)(F)F)cc3)n2)ccc1O. The van der Waals surface area contributed by atoms with Crippen molar-refractivity contribution in [2.24, 2.45) is 5.10 Å². The number of rotatable bonds is 6. The number of fused-ring (bicyclic) bond motifs is 1. The number of nitrogens with zero attached hydrogens (tertiary/aromatic N) is 5. The Morgan fingerprint density at radius 1 is 1.15 bits per heavy atom. The van der Waals surface area contributed by atoms with Crippen LogP contribution >= 0.6 is 0 Å². The molecule has 5 aromatic rings. The number of carbonyl (C=O) groups excluding carboxylic acids is 1. The Hall–Kier alpha value is -5.44. The molecule has 2 aromatic heterocycles. The normalized spacial score (nSPS) is 11.6. The third kappa shape index (κ3) is 5.33. The van der Waals surface area contributed by atoms with Crippen LogP contribution < -0.4 is 5.43 Å². The molecule has 0 saturated carbocycles. The number of nitrogens with one attached hydrogen (secondary N) is 1. The summed E-state index contributed by atoms with van der Waals surface area (Å²) < 4.78 is 45.5. The van der Waals surface area contributed by atoms with Gasteiger partial charge in [0.1, 0.15) is 11.8 Å². The van der Waals surface area contributed by atoms with Crippen molar-refractivity contribution in [2.45, 2.75) is 12.7 Å². The van der Waals surface area contributed by atoms with E-state index in [4.69, 9.17) is 9.78 Å². The average Bonchev–Trinajstić information content (AvgIpc) is 3.56. The molecule has 5 rings (SSSR count). The van der Waals surface area contributed by atoms with Gasteiger partial charge in [-0.05, 0) is 54.6 Å². The van der Waals surface area contributed by atoms with Crippen molar-refractivity contribution < 1.29 is 27.6 Å². The molecule has 0 radical (unpaired) electrons. The van der Waals surface area contributed by atoms with E-state index in [-0.39, 0.29) is 29.3 Å². The molecule has 0 atom stereocenters. The number of phenols is 1. The van der Waals surface area contributed by atoms with Gasteiger partial charge >= 0.3 is 6.18 Å². The van der Waals surface area contributed by atoms with Gasteiger partial charge in [-0.15, -0.1) is 0 Å². The molecule has 0 fully saturated rings. The molecule has 0 aliphatic carbocycles. The standard InChI is InChI=1S/C27H17F3N6O3/c28-27(29,30)20-7-4-16(5-8-20)26-33-24(35-39-26)15-36-11-10-21-18(2-1-3-22(21)36)14-32-34-25(38)17-6-9-23(37)19(12-17)13-31/h1-12,14,37H,15H2,(H,34,38)/b32-14+. The number of halogens is 3. The summed E-state index contributed by atoms with van der Waals surface area (Å²) in [5, 5.41) is 27.4. The van der Waals surface area contributed by atoms with Crippen LogP contribution in [0.1, 0.15) is 32.9 Å². The zero-order chi connectivity index (χ0) is 27.6. The van der Waals surface area contributed by atoms with Crippen molar-refractivity contribution in [2.75, 3.05) is 0 Å². The number of alkyl halides is 3. The fourth-order valence-electron chi connectivity index (χ4n) is 3.88. The molecular formula is C27H17F3N6O3. The third-order valence-electron chi connectivity index (χ3n) is 5.84. The number of nitriles is 1. The minimum Gasteiger partial charge on any atom is -0.507 e. The number of benzene rings is 3. The Labute approximate surface area is 218 Å². The van der Waals surface area contributed by atoms with Crippen LogP contribution in [0.2, 0.25) is 0 Å². The largest absolute Gasteiger partial charge is 0.507 e. The Balaban J connectivity index is 1.30. The maximum atomic E-state index is 12.8. The molecular weight excluding hydrogens is 513 g/mol. The van der Waals surface area contributed by atoms with Crippen LogP contribution in [0.15, 0.2) is 82.6 Å². The third-order valence-corrected chi connectivity index (χ3v) is 5.84. The second-order valence-corrected chi connectivity index (χ2v) is 8.36. The Bertz CT molecular complexity index is 1750.